The zero-order chi connectivity index (χ0) is 15.3. The maximum atomic E-state index is 12.8. The molecular formula is C12H16F3NO4. The van der Waals surface area contributed by atoms with E-state index in [0.717, 1.165) is 0 Å². The molecule has 0 aromatic carbocycles. The van der Waals surface area contributed by atoms with E-state index in [4.69, 9.17) is 9.15 Å². The van der Waals surface area contributed by atoms with Crippen molar-refractivity contribution in [2.24, 2.45) is 5.92 Å². The topological polar surface area (TPSA) is 61.6 Å². The minimum atomic E-state index is -4.77. The van der Waals surface area contributed by atoms with Crippen LogP contribution in [-0.4, -0.2) is 31.3 Å². The molecule has 0 N–H and O–H groups in total. The third kappa shape index (κ3) is 4.22. The van der Waals surface area contributed by atoms with Crippen molar-refractivity contribution < 1.29 is 31.9 Å². The summed E-state index contributed by atoms with van der Waals surface area (Å²) < 4.78 is 52.7. The molecule has 1 aromatic heterocycles. The number of hydrogen-bond donors (Lipinski definition) is 0. The lowest BCUT2D eigenvalue weighted by Crippen LogP contribution is -2.14. The number of ether oxygens (including phenoxy) is 2. The highest BCUT2D eigenvalue weighted by Gasteiger charge is 2.41. The maximum absolute atomic E-state index is 12.8. The van der Waals surface area contributed by atoms with E-state index in [0.29, 0.717) is 6.61 Å². The predicted octanol–water partition coefficient (Wildman–Crippen LogP) is 2.70. The van der Waals surface area contributed by atoms with Crippen LogP contribution in [0.25, 0.3) is 0 Å². The Kier molecular flexibility index (Phi) is 5.55. The summed E-state index contributed by atoms with van der Waals surface area (Å²) in [4.78, 5) is 14.8. The molecule has 1 aromatic rings. The van der Waals surface area contributed by atoms with Gasteiger partial charge in [-0.25, -0.2) is 9.78 Å². The minimum Gasteiger partial charge on any atom is -0.460 e. The molecule has 1 unspecified atom stereocenters. The van der Waals surface area contributed by atoms with Crippen LogP contribution >= 0.6 is 0 Å². The van der Waals surface area contributed by atoms with Crippen LogP contribution in [-0.2, 0) is 22.1 Å². The van der Waals surface area contributed by atoms with Crippen LogP contribution in [0.2, 0.25) is 0 Å². The SMILES string of the molecule is CCOC(=O)c1oc(CC(C)COC)nc1C(F)(F)F. The molecule has 0 aliphatic rings. The van der Waals surface area contributed by atoms with Crippen molar-refractivity contribution >= 4 is 5.97 Å². The molecule has 0 amide bonds. The molecule has 5 nitrogen and oxygen atoms in total. The van der Waals surface area contributed by atoms with Crippen molar-refractivity contribution in [3.8, 4) is 0 Å². The van der Waals surface area contributed by atoms with E-state index < -0.39 is 23.6 Å². The standard InChI is InChI=1S/C12H16F3NO4/c1-4-19-11(17)9-10(12(13,14)15)16-8(20-9)5-7(2)6-18-3/h7H,4-6H2,1-3H3. The van der Waals surface area contributed by atoms with Crippen molar-refractivity contribution in [3.63, 3.8) is 0 Å². The molecule has 1 atom stereocenters. The monoisotopic (exact) mass is 295 g/mol. The second-order valence-electron chi connectivity index (χ2n) is 4.27. The average Bonchev–Trinajstić information content (AvgIpc) is 2.73. The largest absolute Gasteiger partial charge is 0.460 e. The maximum Gasteiger partial charge on any atom is 0.437 e. The summed E-state index contributed by atoms with van der Waals surface area (Å²) in [5.74, 6) is -2.32. The first-order chi connectivity index (χ1) is 9.29. The van der Waals surface area contributed by atoms with Crippen LogP contribution in [0.3, 0.4) is 0 Å². The Bertz CT molecular complexity index is 456. The van der Waals surface area contributed by atoms with E-state index in [1.807, 2.05) is 0 Å². The molecule has 114 valence electrons. The van der Waals surface area contributed by atoms with Gasteiger partial charge in [0.15, 0.2) is 11.6 Å². The molecule has 0 radical (unpaired) electrons. The number of oxazole rings is 1. The number of carbonyl (C=O) groups is 1. The van der Waals surface area contributed by atoms with Gasteiger partial charge in [-0.15, -0.1) is 0 Å². The number of alkyl halides is 3. The molecule has 0 bridgehead atoms. The van der Waals surface area contributed by atoms with Crippen molar-refractivity contribution in [2.45, 2.75) is 26.4 Å². The van der Waals surface area contributed by atoms with Gasteiger partial charge in [-0.05, 0) is 12.8 Å². The average molecular weight is 295 g/mol. The second-order valence-corrected chi connectivity index (χ2v) is 4.27. The first-order valence-corrected chi connectivity index (χ1v) is 6.02. The number of esters is 1. The van der Waals surface area contributed by atoms with Gasteiger partial charge in [0.05, 0.1) is 6.61 Å². The Balaban J connectivity index is 3.03. The van der Waals surface area contributed by atoms with E-state index in [-0.39, 0.29) is 24.8 Å². The lowest BCUT2D eigenvalue weighted by atomic mass is 10.1. The number of methoxy groups -OCH3 is 1. The highest BCUT2D eigenvalue weighted by atomic mass is 19.4. The van der Waals surface area contributed by atoms with Gasteiger partial charge in [-0.2, -0.15) is 13.2 Å². The third-order valence-corrected chi connectivity index (χ3v) is 2.38. The van der Waals surface area contributed by atoms with E-state index >= 15 is 0 Å². The summed E-state index contributed by atoms with van der Waals surface area (Å²) in [5, 5.41) is 0. The number of hydrogen-bond acceptors (Lipinski definition) is 5. The lowest BCUT2D eigenvalue weighted by molar-refractivity contribution is -0.141. The van der Waals surface area contributed by atoms with Crippen LogP contribution in [0, 0.1) is 5.92 Å². The Morgan fingerprint density at radius 1 is 1.45 bits per heavy atom. The fraction of sp³-hybridized carbons (Fsp3) is 0.667. The molecule has 0 fully saturated rings. The fourth-order valence-electron chi connectivity index (χ4n) is 1.62. The fourth-order valence-corrected chi connectivity index (χ4v) is 1.62. The van der Waals surface area contributed by atoms with Gasteiger partial charge in [0.25, 0.3) is 0 Å². The zero-order valence-electron chi connectivity index (χ0n) is 11.4. The normalized spacial score (nSPS) is 13.3. The lowest BCUT2D eigenvalue weighted by Gasteiger charge is -2.06. The van der Waals surface area contributed by atoms with E-state index in [2.05, 4.69) is 9.72 Å². The third-order valence-electron chi connectivity index (χ3n) is 2.38. The summed E-state index contributed by atoms with van der Waals surface area (Å²) in [6.45, 7) is 3.55. The molecule has 0 aliphatic carbocycles. The second kappa shape index (κ2) is 6.74. The summed E-state index contributed by atoms with van der Waals surface area (Å²) in [7, 11) is 1.48. The van der Waals surface area contributed by atoms with Gasteiger partial charge in [0.1, 0.15) is 0 Å². The van der Waals surface area contributed by atoms with E-state index in [1.54, 1.807) is 6.92 Å². The number of aromatic nitrogens is 1. The molecular weight excluding hydrogens is 279 g/mol. The van der Waals surface area contributed by atoms with Crippen LogP contribution < -0.4 is 0 Å². The van der Waals surface area contributed by atoms with Gasteiger partial charge < -0.3 is 13.9 Å². The van der Waals surface area contributed by atoms with Crippen molar-refractivity contribution in [1.82, 2.24) is 4.98 Å². The summed E-state index contributed by atoms with van der Waals surface area (Å²) >= 11 is 0. The smallest absolute Gasteiger partial charge is 0.437 e. The molecule has 0 saturated heterocycles. The van der Waals surface area contributed by atoms with Crippen LogP contribution in [0.5, 0.6) is 0 Å². The van der Waals surface area contributed by atoms with Crippen molar-refractivity contribution in [1.29, 1.82) is 0 Å². The number of halogens is 3. The van der Waals surface area contributed by atoms with Gasteiger partial charge in [-0.3, -0.25) is 0 Å². The Hall–Kier alpha value is -1.57. The van der Waals surface area contributed by atoms with Gasteiger partial charge in [0.2, 0.25) is 5.76 Å². The molecule has 1 heterocycles. The molecule has 8 heteroatoms. The van der Waals surface area contributed by atoms with Gasteiger partial charge >= 0.3 is 12.1 Å². The predicted molar refractivity (Wildman–Crippen MR) is 62.2 cm³/mol. The van der Waals surface area contributed by atoms with Crippen molar-refractivity contribution in [2.75, 3.05) is 20.3 Å². The summed E-state index contributed by atoms with van der Waals surface area (Å²) in [5.41, 5.74) is -1.35. The molecule has 0 aliphatic heterocycles. The first-order valence-electron chi connectivity index (χ1n) is 6.02. The van der Waals surface area contributed by atoms with E-state index in [1.165, 1.54) is 14.0 Å². The molecule has 20 heavy (non-hydrogen) atoms. The molecule has 0 saturated carbocycles. The summed E-state index contributed by atoms with van der Waals surface area (Å²) in [6.07, 6.45) is -4.63. The molecule has 1 rings (SSSR count). The molecule has 0 spiro atoms. The summed E-state index contributed by atoms with van der Waals surface area (Å²) in [6, 6.07) is 0. The van der Waals surface area contributed by atoms with Crippen molar-refractivity contribution in [3.05, 3.63) is 17.3 Å². The van der Waals surface area contributed by atoms with Crippen LogP contribution in [0.1, 0.15) is 36.0 Å². The van der Waals surface area contributed by atoms with Gasteiger partial charge in [0, 0.05) is 20.1 Å². The first kappa shape index (κ1) is 16.5. The quantitative estimate of drug-likeness (QED) is 0.755. The van der Waals surface area contributed by atoms with E-state index in [9.17, 15) is 18.0 Å². The zero-order valence-corrected chi connectivity index (χ0v) is 11.4. The highest BCUT2D eigenvalue weighted by Crippen LogP contribution is 2.32. The Morgan fingerprint density at radius 3 is 2.60 bits per heavy atom. The highest BCUT2D eigenvalue weighted by molar-refractivity contribution is 5.87. The minimum absolute atomic E-state index is 0.0494. The number of nitrogens with zero attached hydrogens (tertiary/aromatic N) is 1. The van der Waals surface area contributed by atoms with Crippen LogP contribution in [0.15, 0.2) is 4.42 Å². The Labute approximate surface area is 114 Å². The number of rotatable bonds is 6. The van der Waals surface area contributed by atoms with Crippen LogP contribution in [0.4, 0.5) is 13.2 Å². The number of carbonyl (C=O) groups excluding carboxylic acids is 1. The Morgan fingerprint density at radius 2 is 2.10 bits per heavy atom. The van der Waals surface area contributed by atoms with Gasteiger partial charge in [-0.1, -0.05) is 6.92 Å².